The van der Waals surface area contributed by atoms with Crippen LogP contribution in [0, 0.1) is 18.8 Å². The molecule has 1 aliphatic carbocycles. The number of fused-ring (bicyclic) bond motifs is 2. The van der Waals surface area contributed by atoms with E-state index in [1.807, 2.05) is 6.92 Å². The quantitative estimate of drug-likeness (QED) is 0.515. The van der Waals surface area contributed by atoms with Gasteiger partial charge in [-0.25, -0.2) is 14.8 Å². The van der Waals surface area contributed by atoms with Gasteiger partial charge in [-0.05, 0) is 42.9 Å². The van der Waals surface area contributed by atoms with E-state index in [1.54, 1.807) is 11.3 Å². The molecule has 0 amide bonds. The van der Waals surface area contributed by atoms with Gasteiger partial charge in [-0.2, -0.15) is 14.2 Å². The summed E-state index contributed by atoms with van der Waals surface area (Å²) in [6.45, 7) is 2.00. The summed E-state index contributed by atoms with van der Waals surface area (Å²) in [5, 5.41) is 5.35. The van der Waals surface area contributed by atoms with E-state index in [4.69, 9.17) is 0 Å². The maximum atomic E-state index is 14.4. The predicted octanol–water partition coefficient (Wildman–Crippen LogP) is 2.86. The van der Waals surface area contributed by atoms with Gasteiger partial charge in [0.15, 0.2) is 0 Å². The first kappa shape index (κ1) is 18.4. The van der Waals surface area contributed by atoms with E-state index in [0.29, 0.717) is 23.9 Å². The number of thiazole rings is 1. The fourth-order valence-electron chi connectivity index (χ4n) is 4.61. The molecule has 3 atom stereocenters. The van der Waals surface area contributed by atoms with E-state index < -0.39 is 17.2 Å². The molecule has 1 unspecified atom stereocenters. The average molecular weight is 436 g/mol. The van der Waals surface area contributed by atoms with Crippen molar-refractivity contribution >= 4 is 27.3 Å². The van der Waals surface area contributed by atoms with Gasteiger partial charge in [0.05, 0.1) is 32.7 Å². The summed E-state index contributed by atoms with van der Waals surface area (Å²) in [5.74, 6) is 0.519. The van der Waals surface area contributed by atoms with Crippen molar-refractivity contribution in [3.05, 3.63) is 79.3 Å². The van der Waals surface area contributed by atoms with E-state index in [2.05, 4.69) is 43.2 Å². The maximum Gasteiger partial charge on any atom is 0.325 e. The molecule has 2 N–H and O–H groups in total. The summed E-state index contributed by atoms with van der Waals surface area (Å²) in [7, 11) is 0. The van der Waals surface area contributed by atoms with Gasteiger partial charge in [0.1, 0.15) is 5.82 Å². The van der Waals surface area contributed by atoms with Crippen LogP contribution in [0.15, 0.2) is 45.3 Å². The van der Waals surface area contributed by atoms with E-state index in [-0.39, 0.29) is 17.4 Å². The minimum atomic E-state index is -0.591. The fourth-order valence-corrected chi connectivity index (χ4v) is 5.49. The molecule has 1 fully saturated rings. The normalized spacial score (nSPS) is 22.4. The predicted molar refractivity (Wildman–Crippen MR) is 114 cm³/mol. The molecule has 31 heavy (non-hydrogen) atoms. The zero-order valence-corrected chi connectivity index (χ0v) is 17.2. The summed E-state index contributed by atoms with van der Waals surface area (Å²) < 4.78 is 16.7. The van der Waals surface area contributed by atoms with E-state index >= 15 is 0 Å². The maximum absolute atomic E-state index is 14.4. The van der Waals surface area contributed by atoms with E-state index in [1.165, 1.54) is 21.1 Å². The van der Waals surface area contributed by atoms with Crippen molar-refractivity contribution in [3.63, 3.8) is 0 Å². The zero-order valence-electron chi connectivity index (χ0n) is 16.4. The largest absolute Gasteiger partial charge is 0.325 e. The summed E-state index contributed by atoms with van der Waals surface area (Å²) in [5.41, 5.74) is 1.79. The molecule has 8 nitrogen and oxygen atoms in total. The Hall–Kier alpha value is -3.40. The Balaban J connectivity index is 1.36. The van der Waals surface area contributed by atoms with Crippen LogP contribution >= 0.6 is 11.3 Å². The monoisotopic (exact) mass is 436 g/mol. The van der Waals surface area contributed by atoms with Crippen molar-refractivity contribution in [1.29, 1.82) is 0 Å². The Labute approximate surface area is 178 Å². The smallest absolute Gasteiger partial charge is 0.313 e. The number of halogens is 1. The first-order chi connectivity index (χ1) is 15.0. The molecule has 3 aromatic heterocycles. The molecule has 0 saturated heterocycles. The number of nitrogens with one attached hydrogen (secondary N) is 2. The van der Waals surface area contributed by atoms with Crippen LogP contribution in [0.3, 0.4) is 0 Å². The highest BCUT2D eigenvalue weighted by molar-refractivity contribution is 7.18. The molecule has 1 aliphatic heterocycles. The number of rotatable bonds is 3. The molecular weight excluding hydrogens is 419 g/mol. The summed E-state index contributed by atoms with van der Waals surface area (Å²) in [6, 6.07) is 6.36. The molecule has 0 spiro atoms. The van der Waals surface area contributed by atoms with E-state index in [9.17, 15) is 14.0 Å². The second kappa shape index (κ2) is 6.55. The van der Waals surface area contributed by atoms with Gasteiger partial charge in [-0.1, -0.05) is 6.07 Å². The third kappa shape index (κ3) is 2.97. The minimum absolute atomic E-state index is 0.0766. The number of benzene rings is 1. The number of aryl methyl sites for hydroxylation is 1. The SMILES string of the molecule is Cc1nc2ccc([C@H]3C[C@@H]3C3CC(c4c[nH]c(=O)[nH]c4=O)=Nn4c(F)cnc43)cc2s1. The van der Waals surface area contributed by atoms with Crippen LogP contribution in [0.2, 0.25) is 0 Å². The average Bonchev–Trinajstić information content (AvgIpc) is 3.32. The molecular formula is C21H17FN6O2S. The first-order valence-corrected chi connectivity index (χ1v) is 10.8. The second-order valence-electron chi connectivity index (χ2n) is 8.06. The van der Waals surface area contributed by atoms with Crippen molar-refractivity contribution in [2.45, 2.75) is 31.6 Å². The van der Waals surface area contributed by atoms with Crippen LogP contribution in [0.1, 0.15) is 46.6 Å². The Morgan fingerprint density at radius 2 is 2.13 bits per heavy atom. The Morgan fingerprint density at radius 3 is 2.97 bits per heavy atom. The lowest BCUT2D eigenvalue weighted by atomic mass is 9.90. The lowest BCUT2D eigenvalue weighted by Crippen LogP contribution is -2.30. The zero-order chi connectivity index (χ0) is 21.3. The summed E-state index contributed by atoms with van der Waals surface area (Å²) in [6.07, 6.45) is 3.91. The van der Waals surface area contributed by atoms with Crippen molar-refractivity contribution in [2.24, 2.45) is 11.0 Å². The van der Waals surface area contributed by atoms with E-state index in [0.717, 1.165) is 23.1 Å². The number of imidazole rings is 1. The van der Waals surface area contributed by atoms with Crippen LogP contribution in [-0.4, -0.2) is 30.3 Å². The first-order valence-electron chi connectivity index (χ1n) is 9.98. The van der Waals surface area contributed by atoms with Crippen molar-refractivity contribution < 1.29 is 4.39 Å². The number of nitrogens with zero attached hydrogens (tertiary/aromatic N) is 4. The third-order valence-corrected chi connectivity index (χ3v) is 7.06. The highest BCUT2D eigenvalue weighted by Gasteiger charge is 2.48. The standard InChI is InChI=1S/C21H17FN6O2S/c1-9-25-15-3-2-10(4-17(15)31-9)11-5-12(11)13-6-16(14-7-24-21(30)26-20(14)29)27-28-18(22)8-23-19(13)28/h2-4,7-8,11-13H,5-6H2,1H3,(H2,24,26,29,30)/t11-,12+,13?/m1/s1. The van der Waals surface area contributed by atoms with Gasteiger partial charge in [-0.15, -0.1) is 11.3 Å². The number of hydrogen-bond acceptors (Lipinski definition) is 6. The molecule has 1 aromatic carbocycles. The Bertz CT molecular complexity index is 1500. The third-order valence-electron chi connectivity index (χ3n) is 6.12. The minimum Gasteiger partial charge on any atom is -0.313 e. The molecule has 1 saturated carbocycles. The number of H-pyrrole nitrogens is 2. The van der Waals surface area contributed by atoms with Gasteiger partial charge in [0.2, 0.25) is 5.95 Å². The molecule has 10 heteroatoms. The van der Waals surface area contributed by atoms with Crippen molar-refractivity contribution in [1.82, 2.24) is 24.6 Å². The van der Waals surface area contributed by atoms with Crippen LogP contribution in [0.4, 0.5) is 4.39 Å². The van der Waals surface area contributed by atoms with Crippen molar-refractivity contribution in [3.8, 4) is 0 Å². The van der Waals surface area contributed by atoms with Gasteiger partial charge in [0.25, 0.3) is 5.56 Å². The number of aromatic nitrogens is 5. The second-order valence-corrected chi connectivity index (χ2v) is 9.29. The molecule has 0 radical (unpaired) electrons. The lowest BCUT2D eigenvalue weighted by molar-refractivity contribution is 0.470. The highest BCUT2D eigenvalue weighted by atomic mass is 32.1. The topological polar surface area (TPSA) is 109 Å². The molecule has 156 valence electrons. The van der Waals surface area contributed by atoms with Gasteiger partial charge in [-0.3, -0.25) is 9.78 Å². The van der Waals surface area contributed by atoms with Crippen molar-refractivity contribution in [2.75, 3.05) is 0 Å². The van der Waals surface area contributed by atoms with Crippen LogP contribution in [0.5, 0.6) is 0 Å². The summed E-state index contributed by atoms with van der Waals surface area (Å²) in [4.78, 5) is 37.2. The summed E-state index contributed by atoms with van der Waals surface area (Å²) >= 11 is 1.68. The molecule has 2 aliphatic rings. The van der Waals surface area contributed by atoms with Gasteiger partial charge < -0.3 is 4.98 Å². The Kier molecular flexibility index (Phi) is 3.88. The van der Waals surface area contributed by atoms with Gasteiger partial charge >= 0.3 is 5.69 Å². The number of aromatic amines is 2. The van der Waals surface area contributed by atoms with Crippen LogP contribution in [0.25, 0.3) is 10.2 Å². The molecule has 6 rings (SSSR count). The number of hydrogen-bond donors (Lipinski definition) is 2. The Morgan fingerprint density at radius 1 is 1.26 bits per heavy atom. The molecule has 4 heterocycles. The fraction of sp³-hybridized carbons (Fsp3) is 0.286. The van der Waals surface area contributed by atoms with Crippen LogP contribution in [-0.2, 0) is 0 Å². The molecule has 0 bridgehead atoms. The van der Waals surface area contributed by atoms with Gasteiger partial charge in [0, 0.05) is 18.5 Å². The molecule has 4 aromatic rings. The highest BCUT2D eigenvalue weighted by Crippen LogP contribution is 2.57. The van der Waals surface area contributed by atoms with Crippen LogP contribution < -0.4 is 11.2 Å². The lowest BCUT2D eigenvalue weighted by Gasteiger charge is -2.22.